The summed E-state index contributed by atoms with van der Waals surface area (Å²) in [5.74, 6) is 1.10. The van der Waals surface area contributed by atoms with Gasteiger partial charge in [0.2, 0.25) is 0 Å². The molecule has 0 nitrogen and oxygen atoms in total. The predicted octanol–water partition coefficient (Wildman–Crippen LogP) is 3.82. The van der Waals surface area contributed by atoms with Gasteiger partial charge in [-0.05, 0) is 18.8 Å². The lowest BCUT2D eigenvalue weighted by molar-refractivity contribution is 0.434. The predicted molar refractivity (Wildman–Crippen MR) is 63.0 cm³/mol. The molecule has 0 aliphatic carbocycles. The summed E-state index contributed by atoms with van der Waals surface area (Å²) >= 11 is 3.51. The highest BCUT2D eigenvalue weighted by Crippen LogP contribution is 2.29. The van der Waals surface area contributed by atoms with Crippen molar-refractivity contribution >= 4 is 24.7 Å². The molecule has 0 aromatic heterocycles. The molecule has 0 amide bonds. The molecule has 1 saturated heterocycles. The summed E-state index contributed by atoms with van der Waals surface area (Å²) in [6.07, 6.45) is 6.01. The molecule has 1 aliphatic rings. The van der Waals surface area contributed by atoms with Gasteiger partial charge in [-0.25, -0.2) is 0 Å². The fourth-order valence-corrected chi connectivity index (χ4v) is 5.61. The number of hydrogen-bond acceptors (Lipinski definition) is 0. The molecule has 1 rings (SSSR count). The topological polar surface area (TPSA) is 0 Å². The Balaban J connectivity index is 2.09. The molecule has 0 aromatic carbocycles. The van der Waals surface area contributed by atoms with Crippen molar-refractivity contribution in [3.8, 4) is 0 Å². The molecule has 0 bridgehead atoms. The third-order valence-electron chi connectivity index (χ3n) is 3.29. The zero-order chi connectivity index (χ0) is 8.81. The van der Waals surface area contributed by atoms with Crippen LogP contribution in [0.25, 0.3) is 0 Å². The Morgan fingerprint density at radius 2 is 2.00 bits per heavy atom. The van der Waals surface area contributed by atoms with E-state index in [2.05, 4.69) is 22.9 Å². The zero-order valence-electron chi connectivity index (χ0n) is 8.19. The van der Waals surface area contributed by atoms with Crippen molar-refractivity contribution in [1.82, 2.24) is 0 Å². The Labute approximate surface area is 86.9 Å². The van der Waals surface area contributed by atoms with Gasteiger partial charge >= 0.3 is 0 Å². The van der Waals surface area contributed by atoms with Crippen LogP contribution in [0, 0.1) is 5.92 Å². The Kier molecular flexibility index (Phi) is 5.56. The summed E-state index contributed by atoms with van der Waals surface area (Å²) in [6.45, 7) is 2.40. The first-order chi connectivity index (χ1) is 5.86. The molecule has 1 fully saturated rings. The molecule has 12 heavy (non-hydrogen) atoms. The quantitative estimate of drug-likeness (QED) is 0.525. The van der Waals surface area contributed by atoms with Gasteiger partial charge in [0, 0.05) is 14.1 Å². The van der Waals surface area contributed by atoms with Crippen molar-refractivity contribution < 1.29 is 0 Å². The van der Waals surface area contributed by atoms with Gasteiger partial charge in [-0.2, -0.15) is 0 Å². The van der Waals surface area contributed by atoms with Crippen LogP contribution in [-0.4, -0.2) is 14.1 Å². The summed E-state index contributed by atoms with van der Waals surface area (Å²) in [4.78, 5) is 0. The highest BCUT2D eigenvalue weighted by Gasteiger charge is 2.19. The lowest BCUT2D eigenvalue weighted by Crippen LogP contribution is -2.20. The van der Waals surface area contributed by atoms with E-state index >= 15 is 0 Å². The second-order valence-electron chi connectivity index (χ2n) is 4.13. The lowest BCUT2D eigenvalue weighted by atomic mass is 9.97. The third-order valence-corrected chi connectivity index (χ3v) is 7.30. The maximum atomic E-state index is 3.51. The smallest absolute Gasteiger partial charge is 0.0365 e. The molecular formula is C10H21BrSi. The Morgan fingerprint density at radius 3 is 2.50 bits per heavy atom. The van der Waals surface area contributed by atoms with Crippen molar-refractivity contribution in [1.29, 1.82) is 0 Å². The van der Waals surface area contributed by atoms with Gasteiger partial charge < -0.3 is 0 Å². The molecule has 2 heteroatoms. The fraction of sp³-hybridized carbons (Fsp3) is 1.00. The van der Waals surface area contributed by atoms with Gasteiger partial charge in [0.1, 0.15) is 0 Å². The van der Waals surface area contributed by atoms with Gasteiger partial charge in [-0.15, -0.1) is 0 Å². The highest BCUT2D eigenvalue weighted by molar-refractivity contribution is 9.09. The minimum atomic E-state index is -0.189. The van der Waals surface area contributed by atoms with E-state index in [9.17, 15) is 0 Å². The van der Waals surface area contributed by atoms with Crippen molar-refractivity contribution in [2.75, 3.05) is 5.33 Å². The molecule has 1 aliphatic heterocycles. The van der Waals surface area contributed by atoms with Crippen LogP contribution in [-0.2, 0) is 0 Å². The number of rotatable bonds is 4. The average molecular weight is 249 g/mol. The summed E-state index contributed by atoms with van der Waals surface area (Å²) in [5, 5.41) is 1.21. The molecule has 0 spiro atoms. The molecule has 72 valence electrons. The highest BCUT2D eigenvalue weighted by atomic mass is 79.9. The number of alkyl halides is 1. The first-order valence-electron chi connectivity index (χ1n) is 5.42. The minimum Gasteiger partial charge on any atom is -0.0928 e. The van der Waals surface area contributed by atoms with E-state index in [1.54, 1.807) is 31.0 Å². The Bertz CT molecular complexity index is 108. The Hall–Kier alpha value is 0.697. The van der Waals surface area contributed by atoms with Crippen LogP contribution >= 0.6 is 15.9 Å². The van der Waals surface area contributed by atoms with E-state index < -0.39 is 0 Å². The standard InChI is InChI=1S/C10H21BrSi/c1-2-12-8-5-10(6-9-12)4-3-7-11/h10,12H,2-9H2,1H3/t10-,12-. The summed E-state index contributed by atoms with van der Waals surface area (Å²) in [6, 6.07) is 4.83. The first kappa shape index (κ1) is 10.8. The van der Waals surface area contributed by atoms with Crippen molar-refractivity contribution in [3.05, 3.63) is 0 Å². The minimum absolute atomic E-state index is 0.189. The third kappa shape index (κ3) is 3.61. The first-order valence-corrected chi connectivity index (χ1v) is 8.99. The molecule has 0 radical (unpaired) electrons. The van der Waals surface area contributed by atoms with E-state index in [0.717, 1.165) is 5.92 Å². The molecule has 0 unspecified atom stereocenters. The summed E-state index contributed by atoms with van der Waals surface area (Å²) < 4.78 is 0. The second kappa shape index (κ2) is 6.20. The van der Waals surface area contributed by atoms with Crippen LogP contribution in [0.4, 0.5) is 0 Å². The summed E-state index contributed by atoms with van der Waals surface area (Å²) in [7, 11) is -0.189. The van der Waals surface area contributed by atoms with E-state index in [-0.39, 0.29) is 8.80 Å². The van der Waals surface area contributed by atoms with Crippen LogP contribution < -0.4 is 0 Å². The van der Waals surface area contributed by atoms with Gasteiger partial charge in [0.05, 0.1) is 0 Å². The molecule has 0 N–H and O–H groups in total. The van der Waals surface area contributed by atoms with Crippen molar-refractivity contribution in [2.45, 2.75) is 50.7 Å². The normalized spacial score (nSPS) is 30.5. The van der Waals surface area contributed by atoms with Gasteiger partial charge in [0.25, 0.3) is 0 Å². The van der Waals surface area contributed by atoms with Crippen LogP contribution in [0.15, 0.2) is 0 Å². The van der Waals surface area contributed by atoms with Crippen LogP contribution in [0.5, 0.6) is 0 Å². The van der Waals surface area contributed by atoms with Crippen molar-refractivity contribution in [2.24, 2.45) is 5.92 Å². The molecular weight excluding hydrogens is 228 g/mol. The van der Waals surface area contributed by atoms with Gasteiger partial charge in [-0.1, -0.05) is 53.8 Å². The molecule has 0 saturated carbocycles. The van der Waals surface area contributed by atoms with E-state index in [1.165, 1.54) is 18.2 Å². The Morgan fingerprint density at radius 1 is 1.33 bits per heavy atom. The monoisotopic (exact) mass is 248 g/mol. The molecule has 1 heterocycles. The average Bonchev–Trinajstić information content (AvgIpc) is 2.15. The van der Waals surface area contributed by atoms with Crippen LogP contribution in [0.1, 0.15) is 32.6 Å². The molecule has 0 atom stereocenters. The maximum absolute atomic E-state index is 3.51. The van der Waals surface area contributed by atoms with Gasteiger partial charge in [0.15, 0.2) is 0 Å². The number of hydrogen-bond donors (Lipinski definition) is 0. The van der Waals surface area contributed by atoms with E-state index in [4.69, 9.17) is 0 Å². The van der Waals surface area contributed by atoms with Gasteiger partial charge in [-0.3, -0.25) is 0 Å². The lowest BCUT2D eigenvalue weighted by Gasteiger charge is -2.26. The molecule has 0 aromatic rings. The number of halogens is 1. The fourth-order valence-electron chi connectivity index (χ4n) is 2.29. The van der Waals surface area contributed by atoms with Crippen LogP contribution in [0.2, 0.25) is 18.1 Å². The van der Waals surface area contributed by atoms with Crippen molar-refractivity contribution in [3.63, 3.8) is 0 Å². The second-order valence-corrected chi connectivity index (χ2v) is 8.62. The van der Waals surface area contributed by atoms with E-state index in [0.29, 0.717) is 0 Å². The zero-order valence-corrected chi connectivity index (χ0v) is 10.9. The van der Waals surface area contributed by atoms with E-state index in [1.807, 2.05) is 0 Å². The SMILES string of the molecule is CC[Si@H]1CC[C@H](CCCBr)CC1. The largest absolute Gasteiger partial charge is 0.0928 e. The van der Waals surface area contributed by atoms with Crippen LogP contribution in [0.3, 0.4) is 0 Å². The maximum Gasteiger partial charge on any atom is 0.0365 e. The summed E-state index contributed by atoms with van der Waals surface area (Å²) in [5.41, 5.74) is 0.